The monoisotopic (exact) mass is 1060 g/mol. The Bertz CT molecular complexity index is 3130. The van der Waals surface area contributed by atoms with E-state index in [2.05, 4.69) is 97.3 Å². The lowest BCUT2D eigenvalue weighted by atomic mass is 9.28. The van der Waals surface area contributed by atoms with E-state index in [1.165, 1.54) is 71.1 Å². The zero-order valence-electron chi connectivity index (χ0n) is 48.2. The maximum Gasteiger partial charge on any atom is 0.160 e. The lowest BCUT2D eigenvalue weighted by Crippen LogP contribution is -2.74. The summed E-state index contributed by atoms with van der Waals surface area (Å²) in [6.45, 7) is 18.5. The van der Waals surface area contributed by atoms with Crippen LogP contribution < -0.4 is 5.32 Å². The summed E-state index contributed by atoms with van der Waals surface area (Å²) in [4.78, 5) is 39.3. The van der Waals surface area contributed by atoms with Gasteiger partial charge < -0.3 is 44.6 Å². The fourth-order valence-electron chi connectivity index (χ4n) is 21.5. The smallest absolute Gasteiger partial charge is 0.160 e. The van der Waals surface area contributed by atoms with Crippen LogP contribution in [0.1, 0.15) is 208 Å². The van der Waals surface area contributed by atoms with Gasteiger partial charge in [-0.25, -0.2) is 0 Å². The van der Waals surface area contributed by atoms with Crippen LogP contribution in [-0.4, -0.2) is 92.1 Å². The van der Waals surface area contributed by atoms with Gasteiger partial charge in [-0.15, -0.1) is 0 Å². The summed E-state index contributed by atoms with van der Waals surface area (Å²) in [6, 6.07) is 9.26. The van der Waals surface area contributed by atoms with Crippen molar-refractivity contribution in [3.8, 4) is 0 Å². The molecule has 10 aliphatic rings. The second-order valence-electron chi connectivity index (χ2n) is 29.5. The summed E-state index contributed by atoms with van der Waals surface area (Å²) in [6.07, 6.45) is 20.3. The lowest BCUT2D eigenvalue weighted by Gasteiger charge is -2.76. The number of nitrogens with zero attached hydrogens (tertiary/aromatic N) is 1. The van der Waals surface area contributed by atoms with Crippen molar-refractivity contribution in [1.29, 1.82) is 0 Å². The summed E-state index contributed by atoms with van der Waals surface area (Å²) in [5.74, 6) is 0.593. The number of hydrogen-bond donors (Lipinski definition) is 6. The second-order valence-corrected chi connectivity index (χ2v) is 29.5. The lowest BCUT2D eigenvalue weighted by molar-refractivity contribution is -0.267. The zero-order valence-corrected chi connectivity index (χ0v) is 48.2. The van der Waals surface area contributed by atoms with Gasteiger partial charge >= 0.3 is 0 Å². The summed E-state index contributed by atoms with van der Waals surface area (Å²) >= 11 is 0. The Balaban J connectivity index is 0.947. The van der Waals surface area contributed by atoms with E-state index in [-0.39, 0.29) is 35.1 Å². The van der Waals surface area contributed by atoms with E-state index < -0.39 is 56.4 Å². The highest BCUT2D eigenvalue weighted by Gasteiger charge is 2.80. The third kappa shape index (κ3) is 7.02. The molecule has 420 valence electrons. The highest BCUT2D eigenvalue weighted by molar-refractivity contribution is 6.02. The van der Waals surface area contributed by atoms with Crippen LogP contribution in [0.25, 0.3) is 11.0 Å². The van der Waals surface area contributed by atoms with Crippen LogP contribution in [0, 0.1) is 50.2 Å². The zero-order chi connectivity index (χ0) is 54.3. The first-order valence-corrected chi connectivity index (χ1v) is 31.0. The Morgan fingerprint density at radius 2 is 1.68 bits per heavy atom. The number of Topliss-reactive ketones (excluding diaryl/α,β-unsaturated/α-hetero) is 2. The van der Waals surface area contributed by atoms with Crippen molar-refractivity contribution in [2.45, 2.75) is 218 Å². The molecule has 0 radical (unpaired) electrons. The fourth-order valence-corrected chi connectivity index (χ4v) is 21.5. The molecule has 14 atom stereocenters. The molecule has 14 rings (SSSR count). The Morgan fingerprint density at radius 3 is 2.42 bits per heavy atom. The maximum absolute atomic E-state index is 16.0. The number of allylic oxidation sites excluding steroid dienone is 1. The van der Waals surface area contributed by atoms with Gasteiger partial charge in [0.2, 0.25) is 0 Å². The minimum Gasteiger partial charge on any atom is -0.392 e. The number of aliphatic hydroxyl groups is 3. The van der Waals surface area contributed by atoms with Gasteiger partial charge in [0, 0.05) is 92.0 Å². The van der Waals surface area contributed by atoms with Crippen LogP contribution in [0.5, 0.6) is 0 Å². The van der Waals surface area contributed by atoms with Crippen molar-refractivity contribution in [2.75, 3.05) is 26.8 Å². The molecule has 0 unspecified atom stereocenters. The topological polar surface area (TPSA) is 165 Å². The number of carbonyl (C=O) groups excluding carboxylic acids is 2. The molecule has 3 aliphatic heterocycles. The van der Waals surface area contributed by atoms with E-state index in [1.807, 2.05) is 20.9 Å². The Labute approximate surface area is 462 Å². The number of aromatic nitrogens is 3. The average molecular weight is 1060 g/mol. The highest BCUT2D eigenvalue weighted by atomic mass is 16.6. The van der Waals surface area contributed by atoms with Gasteiger partial charge in [0.15, 0.2) is 5.78 Å². The van der Waals surface area contributed by atoms with E-state index in [0.717, 1.165) is 73.7 Å². The minimum atomic E-state index is -0.928. The first-order chi connectivity index (χ1) is 37.1. The van der Waals surface area contributed by atoms with Gasteiger partial charge in [-0.05, 0) is 188 Å². The van der Waals surface area contributed by atoms with Gasteiger partial charge in [-0.3, -0.25) is 9.59 Å². The predicted molar refractivity (Wildman–Crippen MR) is 302 cm³/mol. The average Bonchev–Trinajstić information content (AvgIpc) is 3.39. The third-order valence-corrected chi connectivity index (χ3v) is 25.5. The van der Waals surface area contributed by atoms with E-state index in [1.54, 1.807) is 0 Å². The van der Waals surface area contributed by atoms with Crippen LogP contribution in [0.15, 0.2) is 54.0 Å². The largest absolute Gasteiger partial charge is 0.392 e. The van der Waals surface area contributed by atoms with Gasteiger partial charge in [0.25, 0.3) is 0 Å². The minimum absolute atomic E-state index is 0.0521. The van der Waals surface area contributed by atoms with Crippen molar-refractivity contribution in [1.82, 2.24) is 19.9 Å². The Morgan fingerprint density at radius 1 is 0.910 bits per heavy atom. The van der Waals surface area contributed by atoms with E-state index in [0.29, 0.717) is 75.9 Å². The molecule has 7 aliphatic carbocycles. The molecule has 11 nitrogen and oxygen atoms in total. The number of nitrogens with one attached hydrogen (secondary N) is 3. The maximum atomic E-state index is 16.0. The fraction of sp³-hybridized carbons (Fsp3) is 0.701. The molecule has 0 amide bonds. The summed E-state index contributed by atoms with van der Waals surface area (Å²) in [7, 11) is 2.00. The molecule has 7 fully saturated rings. The van der Waals surface area contributed by atoms with Crippen LogP contribution in [0.3, 0.4) is 0 Å². The number of H-pyrrole nitrogens is 2. The normalized spacial score (nSPS) is 40.8. The van der Waals surface area contributed by atoms with E-state index in [9.17, 15) is 15.3 Å². The number of carbonyl (C=O) groups is 2. The van der Waals surface area contributed by atoms with E-state index in [4.69, 9.17) is 9.47 Å². The van der Waals surface area contributed by atoms with Gasteiger partial charge in [0.1, 0.15) is 11.9 Å². The first kappa shape index (κ1) is 52.2. The molecule has 11 heteroatoms. The number of rotatable bonds is 10. The number of aromatic amines is 2. The highest BCUT2D eigenvalue weighted by Crippen LogP contribution is 2.83. The Kier molecular flexibility index (Phi) is 11.8. The molecule has 4 aromatic rings. The molecule has 1 aromatic carbocycles. The molecule has 6 N–H and O–H groups in total. The van der Waals surface area contributed by atoms with Crippen LogP contribution >= 0.6 is 0 Å². The molecule has 3 aromatic heterocycles. The Hall–Kier alpha value is -3.84. The number of aryl methyl sites for hydroxylation is 1. The molecule has 6 heterocycles. The SMILES string of the molecule is CNCC[C@]1(C)C(=O)[C@@H]2c3cc[nH]c3[C@@H]3CC[C@]2(C3)[C@@]2(C)[C@H]3[C@H](O)[C@@H]4Cn5cc(Cc6cc(C7CCCCC7)cc(C7(O)CCOCC7)c6)c6[nH]cc(c65)CC[C@@](C)(C[C@@H](O)[C@H]5OC5(C)C)C5=C4[C@](C)(CC5=O)[C@@]3(C)CC[C@H]21. The molecule has 1 spiro atoms. The predicted octanol–water partition coefficient (Wildman–Crippen LogP) is 11.4. The van der Waals surface area contributed by atoms with Crippen LogP contribution in [0.2, 0.25) is 0 Å². The number of hydrogen-bond acceptors (Lipinski definition) is 8. The standard InChI is InChI=1S/C67H90N4O7/c1-60(2)59(78-60)48(73)33-61(3)18-14-41-35-70-54-43(29-38-28-42(39-12-10-9-11-13-39)31-44(30-38)67(76)22-26-77-27-23-67)36-71(55(41)54)37-46-50-52(61)47(72)34-64(50,6)63(5)19-16-49-62(4,21-25-68-8)58(75)51-45-17-24-69-53(45)40-15-20-66(51,32-40)65(49,7)57(63)56(46)74/h17,24,28,30-31,35-36,39-40,46,48-49,51,56-57,59,68-70,73-74,76H,9-16,18-23,25-27,29,32-34,37H2,1-8H3/t40-,46-,48-,49+,51+,56-,57+,59-,61+,62+,63+,64+,65-,66-/m1/s1. The van der Waals surface area contributed by atoms with Crippen molar-refractivity contribution in [2.24, 2.45) is 50.2 Å². The summed E-state index contributed by atoms with van der Waals surface area (Å²) in [5, 5.41) is 42.6. The number of ketones is 2. The van der Waals surface area contributed by atoms with Gasteiger partial charge in [-0.1, -0.05) is 72.1 Å². The van der Waals surface area contributed by atoms with Crippen molar-refractivity contribution in [3.05, 3.63) is 93.1 Å². The van der Waals surface area contributed by atoms with Crippen LogP contribution in [0.4, 0.5) is 0 Å². The summed E-state index contributed by atoms with van der Waals surface area (Å²) in [5.41, 5.74) is 8.18. The number of aliphatic hydroxyl groups excluding tert-OH is 2. The first-order valence-electron chi connectivity index (χ1n) is 31.0. The number of ether oxygens (including phenoxy) is 2. The molecule has 2 bridgehead atoms. The summed E-state index contributed by atoms with van der Waals surface area (Å²) < 4.78 is 14.4. The van der Waals surface area contributed by atoms with Gasteiger partial charge in [-0.2, -0.15) is 0 Å². The quantitative estimate of drug-likeness (QED) is 0.0855. The molecule has 2 saturated heterocycles. The van der Waals surface area contributed by atoms with Crippen LogP contribution in [-0.2, 0) is 44.1 Å². The molecule has 5 saturated carbocycles. The number of benzene rings is 1. The molecular weight excluding hydrogens is 973 g/mol. The van der Waals surface area contributed by atoms with E-state index >= 15 is 9.59 Å². The van der Waals surface area contributed by atoms with Crippen molar-refractivity contribution < 1.29 is 34.4 Å². The second kappa shape index (κ2) is 17.6. The molecule has 78 heavy (non-hydrogen) atoms. The number of fused-ring (bicyclic) bond motifs is 8. The molecular formula is C67H90N4O7. The van der Waals surface area contributed by atoms with Crippen molar-refractivity contribution >= 4 is 22.6 Å². The number of epoxide rings is 1. The third-order valence-electron chi connectivity index (χ3n) is 25.5. The van der Waals surface area contributed by atoms with Gasteiger partial charge in [0.05, 0.1) is 40.4 Å². The van der Waals surface area contributed by atoms with Crippen molar-refractivity contribution in [3.63, 3.8) is 0 Å².